The predicted octanol–water partition coefficient (Wildman–Crippen LogP) is 0.583. The molecule has 0 radical (unpaired) electrons. The average molecular weight is 241 g/mol. The highest BCUT2D eigenvalue weighted by molar-refractivity contribution is 7.89. The van der Waals surface area contributed by atoms with Gasteiger partial charge in [-0.1, -0.05) is 18.2 Å². The van der Waals surface area contributed by atoms with Gasteiger partial charge in [-0.2, -0.15) is 0 Å². The number of carbonyl (C=O) groups is 1. The molecule has 2 rings (SSSR count). The van der Waals surface area contributed by atoms with E-state index in [9.17, 15) is 13.2 Å². The van der Waals surface area contributed by atoms with E-state index < -0.39 is 22.0 Å². The summed E-state index contributed by atoms with van der Waals surface area (Å²) in [5, 5.41) is 0. The Morgan fingerprint density at radius 2 is 2.12 bits per heavy atom. The minimum absolute atomic E-state index is 0.00669. The minimum Gasteiger partial charge on any atom is -0.469 e. The van der Waals surface area contributed by atoms with Gasteiger partial charge in [-0.15, -0.1) is 0 Å². The molecular formula is C10H11NO4S. The van der Waals surface area contributed by atoms with Crippen LogP contribution in [0.15, 0.2) is 29.2 Å². The predicted molar refractivity (Wildman–Crippen MR) is 56.1 cm³/mol. The van der Waals surface area contributed by atoms with Gasteiger partial charge >= 0.3 is 5.97 Å². The van der Waals surface area contributed by atoms with Crippen molar-refractivity contribution >= 4 is 16.0 Å². The summed E-state index contributed by atoms with van der Waals surface area (Å²) in [6.45, 7) is 0. The van der Waals surface area contributed by atoms with Gasteiger partial charge in [0.05, 0.1) is 24.5 Å². The summed E-state index contributed by atoms with van der Waals surface area (Å²) in [6.07, 6.45) is 0.00669. The second kappa shape index (κ2) is 3.88. The molecule has 1 aromatic carbocycles. The molecule has 1 aliphatic heterocycles. The largest absolute Gasteiger partial charge is 0.469 e. The normalized spacial score (nSPS) is 21.4. The first kappa shape index (κ1) is 11.1. The maximum atomic E-state index is 11.7. The molecule has 0 aromatic heterocycles. The number of fused-ring (bicyclic) bond motifs is 1. The van der Waals surface area contributed by atoms with Crippen LogP contribution in [0.3, 0.4) is 0 Å². The number of nitrogens with one attached hydrogen (secondary N) is 1. The lowest BCUT2D eigenvalue weighted by molar-refractivity contribution is -0.141. The number of hydrogen-bond acceptors (Lipinski definition) is 4. The van der Waals surface area contributed by atoms with Crippen LogP contribution < -0.4 is 4.72 Å². The molecule has 0 saturated carbocycles. The van der Waals surface area contributed by atoms with Gasteiger partial charge in [-0.05, 0) is 11.6 Å². The highest BCUT2D eigenvalue weighted by atomic mass is 32.2. The molecular weight excluding hydrogens is 230 g/mol. The van der Waals surface area contributed by atoms with Crippen LogP contribution in [0.1, 0.15) is 18.0 Å². The Labute approximate surface area is 93.5 Å². The average Bonchev–Trinajstić information content (AvgIpc) is 2.51. The van der Waals surface area contributed by atoms with Crippen molar-refractivity contribution in [1.29, 1.82) is 0 Å². The zero-order valence-electron chi connectivity index (χ0n) is 8.64. The van der Waals surface area contributed by atoms with E-state index >= 15 is 0 Å². The van der Waals surface area contributed by atoms with Crippen LogP contribution in [0.25, 0.3) is 0 Å². The Balaban J connectivity index is 2.37. The molecule has 0 amide bonds. The highest BCUT2D eigenvalue weighted by Crippen LogP contribution is 2.32. The van der Waals surface area contributed by atoms with Crippen molar-refractivity contribution in [3.63, 3.8) is 0 Å². The van der Waals surface area contributed by atoms with Crippen molar-refractivity contribution in [2.75, 3.05) is 7.11 Å². The highest BCUT2D eigenvalue weighted by Gasteiger charge is 2.34. The van der Waals surface area contributed by atoms with Gasteiger partial charge < -0.3 is 4.74 Å². The minimum atomic E-state index is -3.47. The van der Waals surface area contributed by atoms with Gasteiger partial charge in [-0.3, -0.25) is 4.79 Å². The Kier molecular flexibility index (Phi) is 2.69. The first-order valence-electron chi connectivity index (χ1n) is 4.72. The Morgan fingerprint density at radius 3 is 2.81 bits per heavy atom. The molecule has 0 saturated heterocycles. The molecule has 16 heavy (non-hydrogen) atoms. The van der Waals surface area contributed by atoms with Crippen LogP contribution in [0, 0.1) is 0 Å². The van der Waals surface area contributed by atoms with Crippen LogP contribution in [0.5, 0.6) is 0 Å². The Hall–Kier alpha value is -1.40. The number of esters is 1. The van der Waals surface area contributed by atoms with Crippen LogP contribution in [-0.4, -0.2) is 21.5 Å². The summed E-state index contributed by atoms with van der Waals surface area (Å²) in [7, 11) is -2.19. The van der Waals surface area contributed by atoms with Crippen molar-refractivity contribution in [3.8, 4) is 0 Å². The fourth-order valence-corrected chi connectivity index (χ4v) is 3.22. The third-order valence-electron chi connectivity index (χ3n) is 2.48. The van der Waals surface area contributed by atoms with E-state index in [1.54, 1.807) is 18.2 Å². The van der Waals surface area contributed by atoms with Crippen molar-refractivity contribution in [1.82, 2.24) is 4.72 Å². The summed E-state index contributed by atoms with van der Waals surface area (Å²) in [5.41, 5.74) is 0.618. The quantitative estimate of drug-likeness (QED) is 0.769. The SMILES string of the molecule is COC(=O)CC1NS(=O)(=O)c2ccccc21. The Bertz CT molecular complexity index is 523. The van der Waals surface area contributed by atoms with Crippen LogP contribution in [0.4, 0.5) is 0 Å². The number of ether oxygens (including phenoxy) is 1. The van der Waals surface area contributed by atoms with Gasteiger partial charge in [0.2, 0.25) is 10.0 Å². The fourth-order valence-electron chi connectivity index (χ4n) is 1.73. The summed E-state index contributed by atoms with van der Waals surface area (Å²) >= 11 is 0. The van der Waals surface area contributed by atoms with Crippen LogP contribution in [-0.2, 0) is 19.6 Å². The van der Waals surface area contributed by atoms with Crippen molar-refractivity contribution < 1.29 is 17.9 Å². The molecule has 1 N–H and O–H groups in total. The standard InChI is InChI=1S/C10H11NO4S/c1-15-10(12)6-8-7-4-2-3-5-9(7)16(13,14)11-8/h2-5,8,11H,6H2,1H3. The molecule has 1 aliphatic rings. The van der Waals surface area contributed by atoms with Crippen LogP contribution >= 0.6 is 0 Å². The first-order chi connectivity index (χ1) is 7.54. The molecule has 1 heterocycles. The molecule has 6 heteroatoms. The lowest BCUT2D eigenvalue weighted by atomic mass is 10.1. The van der Waals surface area contributed by atoms with E-state index in [4.69, 9.17) is 0 Å². The number of sulfonamides is 1. The molecule has 0 spiro atoms. The van der Waals surface area contributed by atoms with Gasteiger partial charge in [0.1, 0.15) is 0 Å². The lowest BCUT2D eigenvalue weighted by Crippen LogP contribution is -2.22. The van der Waals surface area contributed by atoms with E-state index in [2.05, 4.69) is 9.46 Å². The molecule has 86 valence electrons. The van der Waals surface area contributed by atoms with Crippen molar-refractivity contribution in [3.05, 3.63) is 29.8 Å². The third kappa shape index (κ3) is 1.81. The second-order valence-corrected chi connectivity index (χ2v) is 5.17. The zero-order chi connectivity index (χ0) is 11.8. The smallest absolute Gasteiger partial charge is 0.307 e. The molecule has 0 aliphatic carbocycles. The van der Waals surface area contributed by atoms with E-state index in [1.165, 1.54) is 13.2 Å². The topological polar surface area (TPSA) is 72.5 Å². The Morgan fingerprint density at radius 1 is 1.44 bits per heavy atom. The van der Waals surface area contributed by atoms with E-state index in [1.807, 2.05) is 0 Å². The third-order valence-corrected chi connectivity index (χ3v) is 4.03. The number of rotatable bonds is 2. The lowest BCUT2D eigenvalue weighted by Gasteiger charge is -2.07. The number of benzene rings is 1. The number of hydrogen-bond donors (Lipinski definition) is 1. The number of carbonyl (C=O) groups excluding carboxylic acids is 1. The summed E-state index contributed by atoms with van der Waals surface area (Å²) < 4.78 is 30.3. The molecule has 5 nitrogen and oxygen atoms in total. The van der Waals surface area contributed by atoms with E-state index in [0.717, 1.165) is 0 Å². The van der Waals surface area contributed by atoms with Crippen molar-refractivity contribution in [2.45, 2.75) is 17.4 Å². The van der Waals surface area contributed by atoms with Crippen molar-refractivity contribution in [2.24, 2.45) is 0 Å². The maximum Gasteiger partial charge on any atom is 0.307 e. The summed E-state index contributed by atoms with van der Waals surface area (Å²) in [4.78, 5) is 11.4. The molecule has 0 bridgehead atoms. The fraction of sp³-hybridized carbons (Fsp3) is 0.300. The number of methoxy groups -OCH3 is 1. The van der Waals surface area contributed by atoms with Gasteiger partial charge in [-0.25, -0.2) is 13.1 Å². The molecule has 1 unspecified atom stereocenters. The van der Waals surface area contributed by atoms with Gasteiger partial charge in [0.25, 0.3) is 0 Å². The summed E-state index contributed by atoms with van der Waals surface area (Å²) in [6, 6.07) is 6.09. The van der Waals surface area contributed by atoms with Gasteiger partial charge in [0.15, 0.2) is 0 Å². The zero-order valence-corrected chi connectivity index (χ0v) is 9.45. The maximum absolute atomic E-state index is 11.7. The second-order valence-electron chi connectivity index (χ2n) is 3.49. The molecule has 0 fully saturated rings. The first-order valence-corrected chi connectivity index (χ1v) is 6.21. The molecule has 1 aromatic rings. The van der Waals surface area contributed by atoms with E-state index in [0.29, 0.717) is 5.56 Å². The van der Waals surface area contributed by atoms with Gasteiger partial charge in [0, 0.05) is 0 Å². The summed E-state index contributed by atoms with van der Waals surface area (Å²) in [5.74, 6) is -0.440. The van der Waals surface area contributed by atoms with E-state index in [-0.39, 0.29) is 11.3 Å². The van der Waals surface area contributed by atoms with Crippen LogP contribution in [0.2, 0.25) is 0 Å². The monoisotopic (exact) mass is 241 g/mol. The molecule has 1 atom stereocenters.